The maximum Gasteiger partial charge on any atom is 0.224 e. The average molecular weight is 349 g/mol. The molecule has 0 radical (unpaired) electrons. The average Bonchev–Trinajstić information content (AvgIpc) is 3.20. The molecule has 5 nitrogen and oxygen atoms in total. The van der Waals surface area contributed by atoms with E-state index in [2.05, 4.69) is 41.1 Å². The molecule has 1 aliphatic rings. The lowest BCUT2D eigenvalue weighted by Gasteiger charge is -2.20. The van der Waals surface area contributed by atoms with Crippen LogP contribution in [-0.4, -0.2) is 37.3 Å². The van der Waals surface area contributed by atoms with Gasteiger partial charge in [-0.25, -0.2) is 0 Å². The SMILES string of the molecule is COc1ccc(-c2ccc3c(N4CCCC4)cc(C)nc3c2)c(OC)n1. The summed E-state index contributed by atoms with van der Waals surface area (Å²) in [7, 11) is 3.23. The van der Waals surface area contributed by atoms with Crippen molar-refractivity contribution in [2.45, 2.75) is 19.8 Å². The van der Waals surface area contributed by atoms with Crippen molar-refractivity contribution in [1.82, 2.24) is 9.97 Å². The molecule has 2 aromatic heterocycles. The minimum atomic E-state index is 0.539. The number of nitrogens with zero attached hydrogens (tertiary/aromatic N) is 3. The molecule has 0 amide bonds. The predicted molar refractivity (Wildman–Crippen MR) is 104 cm³/mol. The quantitative estimate of drug-likeness (QED) is 0.706. The van der Waals surface area contributed by atoms with Crippen LogP contribution in [0.2, 0.25) is 0 Å². The molecule has 1 saturated heterocycles. The highest BCUT2D eigenvalue weighted by Gasteiger charge is 2.17. The van der Waals surface area contributed by atoms with Crippen molar-refractivity contribution in [3.8, 4) is 22.9 Å². The van der Waals surface area contributed by atoms with E-state index < -0.39 is 0 Å². The number of ether oxygens (including phenoxy) is 2. The minimum Gasteiger partial charge on any atom is -0.481 e. The summed E-state index contributed by atoms with van der Waals surface area (Å²) >= 11 is 0. The van der Waals surface area contributed by atoms with E-state index in [1.165, 1.54) is 23.9 Å². The number of hydrogen-bond donors (Lipinski definition) is 0. The van der Waals surface area contributed by atoms with Gasteiger partial charge in [0.25, 0.3) is 0 Å². The minimum absolute atomic E-state index is 0.539. The molecular formula is C21H23N3O2. The first-order chi connectivity index (χ1) is 12.7. The van der Waals surface area contributed by atoms with Gasteiger partial charge in [0.2, 0.25) is 11.8 Å². The maximum atomic E-state index is 5.46. The Kier molecular flexibility index (Phi) is 4.37. The largest absolute Gasteiger partial charge is 0.481 e. The molecule has 0 spiro atoms. The zero-order valence-electron chi connectivity index (χ0n) is 15.5. The van der Waals surface area contributed by atoms with E-state index >= 15 is 0 Å². The number of hydrogen-bond acceptors (Lipinski definition) is 5. The van der Waals surface area contributed by atoms with Crippen LogP contribution in [0, 0.1) is 6.92 Å². The van der Waals surface area contributed by atoms with E-state index in [4.69, 9.17) is 14.5 Å². The molecule has 0 aliphatic carbocycles. The first-order valence-corrected chi connectivity index (χ1v) is 8.95. The molecule has 1 aromatic carbocycles. The van der Waals surface area contributed by atoms with Gasteiger partial charge in [0.1, 0.15) is 0 Å². The highest BCUT2D eigenvalue weighted by Crippen LogP contribution is 2.35. The van der Waals surface area contributed by atoms with Crippen molar-refractivity contribution in [2.75, 3.05) is 32.2 Å². The molecule has 0 unspecified atom stereocenters. The topological polar surface area (TPSA) is 47.5 Å². The third kappa shape index (κ3) is 2.94. The zero-order chi connectivity index (χ0) is 18.1. The Morgan fingerprint density at radius 1 is 0.923 bits per heavy atom. The van der Waals surface area contributed by atoms with Crippen molar-refractivity contribution < 1.29 is 9.47 Å². The first kappa shape index (κ1) is 16.6. The van der Waals surface area contributed by atoms with Crippen LogP contribution in [-0.2, 0) is 0 Å². The molecule has 0 bridgehead atoms. The Balaban J connectivity index is 1.83. The standard InChI is InChI=1S/C21H23N3O2/c1-14-12-19(24-10-4-5-11-24)17-7-6-15(13-18(17)22-14)16-8-9-20(25-2)23-21(16)26-3/h6-9,12-13H,4-5,10-11H2,1-3H3. The van der Waals surface area contributed by atoms with Crippen LogP contribution in [0.1, 0.15) is 18.5 Å². The van der Waals surface area contributed by atoms with Crippen LogP contribution in [0.15, 0.2) is 36.4 Å². The van der Waals surface area contributed by atoms with Gasteiger partial charge in [-0.3, -0.25) is 4.98 Å². The van der Waals surface area contributed by atoms with Crippen LogP contribution in [0.5, 0.6) is 11.8 Å². The Morgan fingerprint density at radius 2 is 1.73 bits per heavy atom. The number of fused-ring (bicyclic) bond motifs is 1. The fraction of sp³-hybridized carbons (Fsp3) is 0.333. The second-order valence-corrected chi connectivity index (χ2v) is 6.62. The Labute approximate surface area is 153 Å². The summed E-state index contributed by atoms with van der Waals surface area (Å²) in [5.74, 6) is 1.09. The fourth-order valence-electron chi connectivity index (χ4n) is 3.64. The molecule has 3 heterocycles. The van der Waals surface area contributed by atoms with Gasteiger partial charge in [0.05, 0.1) is 19.7 Å². The molecule has 3 aromatic rings. The molecule has 134 valence electrons. The summed E-state index contributed by atoms with van der Waals surface area (Å²) < 4.78 is 10.7. The van der Waals surface area contributed by atoms with E-state index in [0.717, 1.165) is 35.4 Å². The maximum absolute atomic E-state index is 5.46. The van der Waals surface area contributed by atoms with Crippen molar-refractivity contribution in [2.24, 2.45) is 0 Å². The number of methoxy groups -OCH3 is 2. The van der Waals surface area contributed by atoms with Gasteiger partial charge in [0.15, 0.2) is 0 Å². The summed E-state index contributed by atoms with van der Waals surface area (Å²) in [5, 5.41) is 1.20. The zero-order valence-corrected chi connectivity index (χ0v) is 15.5. The number of aromatic nitrogens is 2. The smallest absolute Gasteiger partial charge is 0.224 e. The monoisotopic (exact) mass is 349 g/mol. The number of anilines is 1. The first-order valence-electron chi connectivity index (χ1n) is 8.95. The molecule has 0 atom stereocenters. The summed E-state index contributed by atoms with van der Waals surface area (Å²) in [4.78, 5) is 11.6. The lowest BCUT2D eigenvalue weighted by Crippen LogP contribution is -2.18. The Bertz CT molecular complexity index is 949. The van der Waals surface area contributed by atoms with E-state index in [0.29, 0.717) is 11.8 Å². The number of aryl methyl sites for hydroxylation is 1. The lowest BCUT2D eigenvalue weighted by atomic mass is 10.0. The molecule has 4 rings (SSSR count). The van der Waals surface area contributed by atoms with E-state index in [1.807, 2.05) is 12.1 Å². The Hall–Kier alpha value is -2.82. The number of pyridine rings is 2. The van der Waals surface area contributed by atoms with E-state index in [-0.39, 0.29) is 0 Å². The van der Waals surface area contributed by atoms with Crippen molar-refractivity contribution >= 4 is 16.6 Å². The van der Waals surface area contributed by atoms with Crippen LogP contribution < -0.4 is 14.4 Å². The van der Waals surface area contributed by atoms with Gasteiger partial charge in [-0.15, -0.1) is 0 Å². The highest BCUT2D eigenvalue weighted by atomic mass is 16.5. The van der Waals surface area contributed by atoms with Gasteiger partial charge in [-0.2, -0.15) is 4.98 Å². The lowest BCUT2D eigenvalue weighted by molar-refractivity contribution is 0.366. The summed E-state index contributed by atoms with van der Waals surface area (Å²) in [6.07, 6.45) is 2.52. The molecule has 1 aliphatic heterocycles. The molecule has 0 saturated carbocycles. The normalized spacial score (nSPS) is 14.0. The van der Waals surface area contributed by atoms with Gasteiger partial charge < -0.3 is 14.4 Å². The van der Waals surface area contributed by atoms with Crippen molar-refractivity contribution in [1.29, 1.82) is 0 Å². The summed E-state index contributed by atoms with van der Waals surface area (Å²) in [6, 6.07) is 12.4. The van der Waals surface area contributed by atoms with E-state index in [9.17, 15) is 0 Å². The van der Waals surface area contributed by atoms with Crippen LogP contribution in [0.25, 0.3) is 22.0 Å². The van der Waals surface area contributed by atoms with Gasteiger partial charge in [-0.1, -0.05) is 12.1 Å². The van der Waals surface area contributed by atoms with E-state index in [1.54, 1.807) is 14.2 Å². The fourth-order valence-corrected chi connectivity index (χ4v) is 3.64. The molecule has 5 heteroatoms. The molecule has 1 fully saturated rings. The van der Waals surface area contributed by atoms with Crippen LogP contribution in [0.4, 0.5) is 5.69 Å². The van der Waals surface area contributed by atoms with Crippen molar-refractivity contribution in [3.63, 3.8) is 0 Å². The molecule has 26 heavy (non-hydrogen) atoms. The third-order valence-corrected chi connectivity index (χ3v) is 4.91. The van der Waals surface area contributed by atoms with Gasteiger partial charge >= 0.3 is 0 Å². The highest BCUT2D eigenvalue weighted by molar-refractivity contribution is 5.95. The molecule has 0 N–H and O–H groups in total. The predicted octanol–water partition coefficient (Wildman–Crippen LogP) is 4.22. The summed E-state index contributed by atoms with van der Waals surface area (Å²) in [6.45, 7) is 4.30. The van der Waals surface area contributed by atoms with Gasteiger partial charge in [-0.05, 0) is 43.5 Å². The Morgan fingerprint density at radius 3 is 2.46 bits per heavy atom. The second kappa shape index (κ2) is 6.83. The number of benzene rings is 1. The van der Waals surface area contributed by atoms with Crippen LogP contribution in [0.3, 0.4) is 0 Å². The van der Waals surface area contributed by atoms with Crippen molar-refractivity contribution in [3.05, 3.63) is 42.1 Å². The second-order valence-electron chi connectivity index (χ2n) is 6.62. The number of rotatable bonds is 4. The van der Waals surface area contributed by atoms with Gasteiger partial charge in [0, 0.05) is 41.5 Å². The molecular weight excluding hydrogens is 326 g/mol. The third-order valence-electron chi connectivity index (χ3n) is 4.91. The van der Waals surface area contributed by atoms with Crippen LogP contribution >= 0.6 is 0 Å². The summed E-state index contributed by atoms with van der Waals surface area (Å²) in [5.41, 5.74) is 5.30.